The van der Waals surface area contributed by atoms with Crippen molar-refractivity contribution in [3.8, 4) is 0 Å². The lowest BCUT2D eigenvalue weighted by atomic mass is 10.1. The third-order valence-electron chi connectivity index (χ3n) is 4.37. The van der Waals surface area contributed by atoms with E-state index in [0.717, 1.165) is 38.2 Å². The van der Waals surface area contributed by atoms with E-state index in [9.17, 15) is 13.6 Å². The van der Waals surface area contributed by atoms with Gasteiger partial charge in [0.05, 0.1) is 10.6 Å². The fourth-order valence-corrected chi connectivity index (χ4v) is 3.26. The predicted molar refractivity (Wildman–Crippen MR) is 93.6 cm³/mol. The fourth-order valence-electron chi connectivity index (χ4n) is 3.03. The second kappa shape index (κ2) is 7.93. The van der Waals surface area contributed by atoms with Crippen LogP contribution in [0, 0.1) is 11.6 Å². The molecule has 132 valence electrons. The molecule has 0 aliphatic carbocycles. The van der Waals surface area contributed by atoms with Crippen molar-refractivity contribution in [2.45, 2.75) is 13.0 Å². The number of rotatable bonds is 3. The van der Waals surface area contributed by atoms with Gasteiger partial charge in [-0.15, -0.1) is 0 Å². The molecule has 2 aromatic carbocycles. The van der Waals surface area contributed by atoms with Crippen LogP contribution in [-0.4, -0.2) is 41.9 Å². The zero-order valence-corrected chi connectivity index (χ0v) is 14.5. The first-order valence-electron chi connectivity index (χ1n) is 8.24. The number of hydrogen-bond donors (Lipinski definition) is 0. The molecule has 25 heavy (non-hydrogen) atoms. The molecule has 0 saturated carbocycles. The van der Waals surface area contributed by atoms with Crippen LogP contribution >= 0.6 is 11.6 Å². The van der Waals surface area contributed by atoms with E-state index >= 15 is 0 Å². The van der Waals surface area contributed by atoms with Gasteiger partial charge in [-0.2, -0.15) is 0 Å². The Morgan fingerprint density at radius 1 is 1.00 bits per heavy atom. The smallest absolute Gasteiger partial charge is 0.255 e. The average Bonchev–Trinajstić information content (AvgIpc) is 2.84. The predicted octanol–water partition coefficient (Wildman–Crippen LogP) is 3.97. The van der Waals surface area contributed by atoms with Crippen molar-refractivity contribution in [2.75, 3.05) is 26.2 Å². The van der Waals surface area contributed by atoms with E-state index in [0.29, 0.717) is 13.1 Å². The molecular formula is C19H19ClF2N2O. The average molecular weight is 365 g/mol. The molecule has 0 radical (unpaired) electrons. The minimum atomic E-state index is -1.06. The molecule has 0 atom stereocenters. The lowest BCUT2D eigenvalue weighted by Gasteiger charge is -2.22. The summed E-state index contributed by atoms with van der Waals surface area (Å²) in [6, 6.07) is 11.9. The van der Waals surface area contributed by atoms with Crippen molar-refractivity contribution < 1.29 is 13.6 Å². The Morgan fingerprint density at radius 2 is 1.72 bits per heavy atom. The maximum Gasteiger partial charge on any atom is 0.255 e. The molecule has 0 unspecified atom stereocenters. The van der Waals surface area contributed by atoms with Crippen LogP contribution in [-0.2, 0) is 6.54 Å². The highest BCUT2D eigenvalue weighted by Crippen LogP contribution is 2.22. The van der Waals surface area contributed by atoms with E-state index in [-0.39, 0.29) is 16.5 Å². The number of benzene rings is 2. The minimum absolute atomic E-state index is 0.0112. The first-order valence-corrected chi connectivity index (χ1v) is 8.62. The standard InChI is InChI=1S/C19H19ClF2N2O/c20-16-12-18(22)17(21)11-15(16)19(25)24-8-4-7-23(9-10-24)13-14-5-2-1-3-6-14/h1-3,5-6,11-12H,4,7-10,13H2. The third kappa shape index (κ3) is 4.35. The van der Waals surface area contributed by atoms with E-state index in [1.165, 1.54) is 5.56 Å². The van der Waals surface area contributed by atoms with Crippen LogP contribution in [0.5, 0.6) is 0 Å². The Labute approximate surface area is 150 Å². The Morgan fingerprint density at radius 3 is 2.48 bits per heavy atom. The van der Waals surface area contributed by atoms with Gasteiger partial charge in [0.15, 0.2) is 11.6 Å². The molecule has 1 aliphatic rings. The highest BCUT2D eigenvalue weighted by molar-refractivity contribution is 6.33. The molecule has 2 aromatic rings. The van der Waals surface area contributed by atoms with Crippen molar-refractivity contribution in [2.24, 2.45) is 0 Å². The summed E-state index contributed by atoms with van der Waals surface area (Å²) >= 11 is 5.93. The van der Waals surface area contributed by atoms with Gasteiger partial charge >= 0.3 is 0 Å². The molecular weight excluding hydrogens is 346 g/mol. The maximum absolute atomic E-state index is 13.5. The maximum atomic E-state index is 13.5. The summed E-state index contributed by atoms with van der Waals surface area (Å²) < 4.78 is 26.7. The summed E-state index contributed by atoms with van der Waals surface area (Å²) in [5.41, 5.74) is 1.24. The number of carbonyl (C=O) groups is 1. The zero-order chi connectivity index (χ0) is 17.8. The summed E-state index contributed by atoms with van der Waals surface area (Å²) in [7, 11) is 0. The van der Waals surface area contributed by atoms with Gasteiger partial charge in [0.1, 0.15) is 0 Å². The summed E-state index contributed by atoms with van der Waals surface area (Å²) in [6.45, 7) is 3.53. The van der Waals surface area contributed by atoms with Crippen molar-refractivity contribution in [1.29, 1.82) is 0 Å². The highest BCUT2D eigenvalue weighted by atomic mass is 35.5. The fraction of sp³-hybridized carbons (Fsp3) is 0.316. The van der Waals surface area contributed by atoms with Gasteiger partial charge in [0.25, 0.3) is 5.91 Å². The lowest BCUT2D eigenvalue weighted by molar-refractivity contribution is 0.0760. The quantitative estimate of drug-likeness (QED) is 0.769. The van der Waals surface area contributed by atoms with Gasteiger partial charge < -0.3 is 4.90 Å². The van der Waals surface area contributed by atoms with Crippen LogP contribution in [0.1, 0.15) is 22.3 Å². The number of amides is 1. The van der Waals surface area contributed by atoms with Crippen molar-refractivity contribution in [1.82, 2.24) is 9.80 Å². The van der Waals surface area contributed by atoms with Crippen LogP contribution in [0.4, 0.5) is 8.78 Å². The van der Waals surface area contributed by atoms with Gasteiger partial charge in [0.2, 0.25) is 0 Å². The van der Waals surface area contributed by atoms with Gasteiger partial charge in [-0.25, -0.2) is 8.78 Å². The highest BCUT2D eigenvalue weighted by Gasteiger charge is 2.23. The Bertz CT molecular complexity index is 755. The van der Waals surface area contributed by atoms with Crippen LogP contribution < -0.4 is 0 Å². The largest absolute Gasteiger partial charge is 0.337 e. The lowest BCUT2D eigenvalue weighted by Crippen LogP contribution is -2.35. The van der Waals surface area contributed by atoms with E-state index in [1.54, 1.807) is 4.90 Å². The van der Waals surface area contributed by atoms with E-state index in [2.05, 4.69) is 17.0 Å². The molecule has 1 aliphatic heterocycles. The van der Waals surface area contributed by atoms with E-state index < -0.39 is 11.6 Å². The molecule has 0 aromatic heterocycles. The van der Waals surface area contributed by atoms with Crippen LogP contribution in [0.25, 0.3) is 0 Å². The van der Waals surface area contributed by atoms with E-state index in [1.807, 2.05) is 18.2 Å². The Balaban J connectivity index is 1.66. The molecule has 1 heterocycles. The summed E-state index contributed by atoms with van der Waals surface area (Å²) in [5, 5.41) is -0.0608. The number of halogens is 3. The zero-order valence-electron chi connectivity index (χ0n) is 13.7. The molecule has 0 bridgehead atoms. The first-order chi connectivity index (χ1) is 12.0. The number of hydrogen-bond acceptors (Lipinski definition) is 2. The second-order valence-electron chi connectivity index (χ2n) is 6.15. The molecule has 0 N–H and O–H groups in total. The SMILES string of the molecule is O=C(c1cc(F)c(F)cc1Cl)N1CCCN(Cc2ccccc2)CC1. The van der Waals surface area contributed by atoms with Crippen molar-refractivity contribution in [3.05, 3.63) is 70.2 Å². The number of carbonyl (C=O) groups excluding carboxylic acids is 1. The normalized spacial score (nSPS) is 15.9. The second-order valence-corrected chi connectivity index (χ2v) is 6.56. The summed E-state index contributed by atoms with van der Waals surface area (Å²) in [5.74, 6) is -2.47. The summed E-state index contributed by atoms with van der Waals surface area (Å²) in [4.78, 5) is 16.6. The summed E-state index contributed by atoms with van der Waals surface area (Å²) in [6.07, 6.45) is 0.819. The molecule has 0 spiro atoms. The molecule has 6 heteroatoms. The van der Waals surface area contributed by atoms with Crippen molar-refractivity contribution in [3.63, 3.8) is 0 Å². The van der Waals surface area contributed by atoms with Crippen molar-refractivity contribution >= 4 is 17.5 Å². The molecule has 1 fully saturated rings. The molecule has 3 rings (SSSR count). The van der Waals surface area contributed by atoms with Crippen LogP contribution in [0.3, 0.4) is 0 Å². The van der Waals surface area contributed by atoms with Crippen LogP contribution in [0.15, 0.2) is 42.5 Å². The van der Waals surface area contributed by atoms with Gasteiger partial charge in [-0.05, 0) is 24.1 Å². The molecule has 3 nitrogen and oxygen atoms in total. The number of nitrogens with zero attached hydrogens (tertiary/aromatic N) is 2. The third-order valence-corrected chi connectivity index (χ3v) is 4.68. The molecule has 1 amide bonds. The van der Waals surface area contributed by atoms with E-state index in [4.69, 9.17) is 11.6 Å². The Kier molecular flexibility index (Phi) is 5.66. The van der Waals surface area contributed by atoms with Crippen LogP contribution in [0.2, 0.25) is 5.02 Å². The first kappa shape index (κ1) is 17.8. The molecule has 1 saturated heterocycles. The topological polar surface area (TPSA) is 23.6 Å². The Hall–Kier alpha value is -1.98. The van der Waals surface area contributed by atoms with Gasteiger partial charge in [0, 0.05) is 32.7 Å². The monoisotopic (exact) mass is 364 g/mol. The minimum Gasteiger partial charge on any atom is -0.337 e. The van der Waals surface area contributed by atoms with Gasteiger partial charge in [-0.1, -0.05) is 41.9 Å². The van der Waals surface area contributed by atoms with Gasteiger partial charge in [-0.3, -0.25) is 9.69 Å².